The van der Waals surface area contributed by atoms with Crippen molar-refractivity contribution in [2.75, 3.05) is 6.54 Å². The van der Waals surface area contributed by atoms with Crippen molar-refractivity contribution >= 4 is 17.9 Å². The largest absolute Gasteiger partial charge is 0.335 e. The molecule has 0 spiro atoms. The van der Waals surface area contributed by atoms with Gasteiger partial charge >= 0.3 is 0 Å². The summed E-state index contributed by atoms with van der Waals surface area (Å²) >= 11 is 5.04. The predicted octanol–water partition coefficient (Wildman–Crippen LogP) is 1.95. The van der Waals surface area contributed by atoms with Crippen LogP contribution in [0, 0.1) is 11.7 Å². The number of pyridine rings is 1. The number of aryl methyl sites for hydroxylation is 1. The average molecular weight is 327 g/mol. The fourth-order valence-corrected chi connectivity index (χ4v) is 3.43. The maximum absolute atomic E-state index is 12.1. The van der Waals surface area contributed by atoms with Crippen LogP contribution in [0.1, 0.15) is 22.6 Å². The molecular formula is C16H17N5OS. The maximum Gasteiger partial charge on any atom is 0.256 e. The number of imidazole rings is 1. The van der Waals surface area contributed by atoms with Crippen LogP contribution in [0.15, 0.2) is 29.2 Å². The molecule has 0 bridgehead atoms. The molecular weight excluding hydrogens is 310 g/mol. The Morgan fingerprint density at radius 2 is 2.22 bits per heavy atom. The highest BCUT2D eigenvalue weighted by atomic mass is 32.1. The molecule has 7 heteroatoms. The zero-order valence-corrected chi connectivity index (χ0v) is 13.6. The van der Waals surface area contributed by atoms with Crippen molar-refractivity contribution in [3.8, 4) is 0 Å². The number of aromatic amines is 2. The second kappa shape index (κ2) is 5.43. The Morgan fingerprint density at radius 3 is 3.09 bits per heavy atom. The SMILES string of the molecule is Cc1nc2ccccn2c1CN1CCc2[nH]c(=S)[nH]c(=O)c2C1. The summed E-state index contributed by atoms with van der Waals surface area (Å²) in [7, 11) is 0. The van der Waals surface area contributed by atoms with Crippen LogP contribution in [-0.4, -0.2) is 30.8 Å². The highest BCUT2D eigenvalue weighted by Gasteiger charge is 2.21. The van der Waals surface area contributed by atoms with E-state index >= 15 is 0 Å². The van der Waals surface area contributed by atoms with Gasteiger partial charge in [0.1, 0.15) is 5.65 Å². The van der Waals surface area contributed by atoms with E-state index in [0.29, 0.717) is 11.3 Å². The monoisotopic (exact) mass is 327 g/mol. The molecule has 0 radical (unpaired) electrons. The molecule has 0 saturated heterocycles. The number of nitrogens with zero attached hydrogens (tertiary/aromatic N) is 3. The van der Waals surface area contributed by atoms with Crippen LogP contribution in [0.2, 0.25) is 0 Å². The van der Waals surface area contributed by atoms with E-state index in [2.05, 4.69) is 24.3 Å². The topological polar surface area (TPSA) is 69.2 Å². The summed E-state index contributed by atoms with van der Waals surface area (Å²) in [5, 5.41) is 0. The molecule has 4 heterocycles. The van der Waals surface area contributed by atoms with Gasteiger partial charge in [-0.25, -0.2) is 4.98 Å². The van der Waals surface area contributed by atoms with E-state index < -0.39 is 0 Å². The number of fused-ring (bicyclic) bond motifs is 2. The van der Waals surface area contributed by atoms with E-state index in [0.717, 1.165) is 42.1 Å². The van der Waals surface area contributed by atoms with Gasteiger partial charge in [0.15, 0.2) is 4.77 Å². The molecule has 1 aliphatic rings. The van der Waals surface area contributed by atoms with Gasteiger partial charge in [0.25, 0.3) is 5.56 Å². The molecule has 0 atom stereocenters. The van der Waals surface area contributed by atoms with Crippen LogP contribution < -0.4 is 5.56 Å². The summed E-state index contributed by atoms with van der Waals surface area (Å²) in [5.74, 6) is 0. The average Bonchev–Trinajstić information content (AvgIpc) is 2.84. The molecule has 0 saturated carbocycles. The molecule has 1 aliphatic heterocycles. The first-order valence-electron chi connectivity index (χ1n) is 7.61. The zero-order valence-electron chi connectivity index (χ0n) is 12.8. The summed E-state index contributed by atoms with van der Waals surface area (Å²) in [5.41, 5.74) is 4.83. The lowest BCUT2D eigenvalue weighted by Gasteiger charge is -2.27. The Morgan fingerprint density at radius 1 is 1.35 bits per heavy atom. The molecule has 0 unspecified atom stereocenters. The lowest BCUT2D eigenvalue weighted by molar-refractivity contribution is 0.237. The van der Waals surface area contributed by atoms with E-state index in [1.165, 1.54) is 5.69 Å². The third-order valence-electron chi connectivity index (χ3n) is 4.39. The van der Waals surface area contributed by atoms with Crippen LogP contribution in [0.3, 0.4) is 0 Å². The van der Waals surface area contributed by atoms with Crippen molar-refractivity contribution < 1.29 is 0 Å². The van der Waals surface area contributed by atoms with Crippen LogP contribution in [0.4, 0.5) is 0 Å². The number of nitrogens with one attached hydrogen (secondary N) is 2. The quantitative estimate of drug-likeness (QED) is 0.706. The molecule has 0 amide bonds. The minimum Gasteiger partial charge on any atom is -0.335 e. The second-order valence-corrected chi connectivity index (χ2v) is 6.31. The Labute approximate surface area is 137 Å². The minimum absolute atomic E-state index is 0.0803. The van der Waals surface area contributed by atoms with E-state index in [1.54, 1.807) is 0 Å². The fourth-order valence-electron chi connectivity index (χ4n) is 3.21. The third-order valence-corrected chi connectivity index (χ3v) is 4.60. The van der Waals surface area contributed by atoms with Crippen molar-refractivity contribution in [1.82, 2.24) is 24.3 Å². The smallest absolute Gasteiger partial charge is 0.256 e. The third kappa shape index (κ3) is 2.51. The predicted molar refractivity (Wildman–Crippen MR) is 90.0 cm³/mol. The highest BCUT2D eigenvalue weighted by molar-refractivity contribution is 7.71. The Balaban J connectivity index is 1.66. The summed E-state index contributed by atoms with van der Waals surface area (Å²) in [6.45, 7) is 4.31. The van der Waals surface area contributed by atoms with E-state index in [4.69, 9.17) is 12.2 Å². The maximum atomic E-state index is 12.1. The fraction of sp³-hybridized carbons (Fsp3) is 0.312. The van der Waals surface area contributed by atoms with Crippen molar-refractivity contribution in [2.24, 2.45) is 0 Å². The summed E-state index contributed by atoms with van der Waals surface area (Å²) < 4.78 is 2.52. The number of rotatable bonds is 2. The Kier molecular flexibility index (Phi) is 3.39. The molecule has 0 aromatic carbocycles. The zero-order chi connectivity index (χ0) is 16.0. The minimum atomic E-state index is -0.0803. The summed E-state index contributed by atoms with van der Waals surface area (Å²) in [6.07, 6.45) is 2.84. The van der Waals surface area contributed by atoms with Crippen molar-refractivity contribution in [3.63, 3.8) is 0 Å². The molecule has 0 fully saturated rings. The molecule has 23 heavy (non-hydrogen) atoms. The Hall–Kier alpha value is -2.25. The first-order chi connectivity index (χ1) is 11.1. The van der Waals surface area contributed by atoms with E-state index in [1.807, 2.05) is 31.3 Å². The van der Waals surface area contributed by atoms with Gasteiger partial charge in [-0.2, -0.15) is 0 Å². The molecule has 2 N–H and O–H groups in total. The molecule has 3 aromatic heterocycles. The first-order valence-corrected chi connectivity index (χ1v) is 8.02. The highest BCUT2D eigenvalue weighted by Crippen LogP contribution is 2.19. The molecule has 0 aliphatic carbocycles. The molecule has 118 valence electrons. The Bertz CT molecular complexity index is 1000. The van der Waals surface area contributed by atoms with Crippen LogP contribution >= 0.6 is 12.2 Å². The van der Waals surface area contributed by atoms with Gasteiger partial charge in [0.05, 0.1) is 17.0 Å². The first kappa shape index (κ1) is 14.3. The second-order valence-electron chi connectivity index (χ2n) is 5.90. The van der Waals surface area contributed by atoms with Gasteiger partial charge in [-0.15, -0.1) is 0 Å². The normalized spacial score (nSPS) is 15.0. The van der Waals surface area contributed by atoms with Gasteiger partial charge in [0.2, 0.25) is 0 Å². The van der Waals surface area contributed by atoms with E-state index in [-0.39, 0.29) is 5.56 Å². The van der Waals surface area contributed by atoms with E-state index in [9.17, 15) is 4.79 Å². The van der Waals surface area contributed by atoms with Crippen molar-refractivity contribution in [3.05, 3.63) is 62.2 Å². The van der Waals surface area contributed by atoms with Crippen LogP contribution in [-0.2, 0) is 19.5 Å². The molecule has 3 aromatic rings. The van der Waals surface area contributed by atoms with Gasteiger partial charge in [-0.3, -0.25) is 14.7 Å². The van der Waals surface area contributed by atoms with Gasteiger partial charge < -0.3 is 9.38 Å². The van der Waals surface area contributed by atoms with Gasteiger partial charge in [-0.1, -0.05) is 6.07 Å². The van der Waals surface area contributed by atoms with Crippen molar-refractivity contribution in [2.45, 2.75) is 26.4 Å². The lowest BCUT2D eigenvalue weighted by atomic mass is 10.1. The number of H-pyrrole nitrogens is 2. The van der Waals surface area contributed by atoms with Gasteiger partial charge in [-0.05, 0) is 31.3 Å². The van der Waals surface area contributed by atoms with Crippen LogP contribution in [0.5, 0.6) is 0 Å². The standard InChI is InChI=1S/C16H17N5OS/c1-10-13(21-6-3-2-4-14(21)17-10)9-20-7-5-12-11(8-20)15(22)19-16(23)18-12/h2-4,6H,5,7-9H2,1H3,(H2,18,19,22,23). The number of aromatic nitrogens is 4. The summed E-state index contributed by atoms with van der Waals surface area (Å²) in [6, 6.07) is 6.01. The number of hydrogen-bond donors (Lipinski definition) is 2. The summed E-state index contributed by atoms with van der Waals surface area (Å²) in [4.78, 5) is 24.8. The lowest BCUT2D eigenvalue weighted by Crippen LogP contribution is -2.35. The molecule has 6 nitrogen and oxygen atoms in total. The molecule has 4 rings (SSSR count). The van der Waals surface area contributed by atoms with Crippen LogP contribution in [0.25, 0.3) is 5.65 Å². The van der Waals surface area contributed by atoms with Crippen molar-refractivity contribution in [1.29, 1.82) is 0 Å². The number of hydrogen-bond acceptors (Lipinski definition) is 4. The van der Waals surface area contributed by atoms with Gasteiger partial charge in [0, 0.05) is 37.9 Å².